The van der Waals surface area contributed by atoms with Crippen LogP contribution < -0.4 is 4.72 Å². The van der Waals surface area contributed by atoms with Crippen molar-refractivity contribution in [3.8, 4) is 0 Å². The SMILES string of the molecule is Cn1cc(S(=O)(=O)Nc2nc3ccc(S(C)(=O)=O)cc3s2)c(C(C)(C)C)n1. The molecule has 11 heteroatoms. The molecule has 0 bridgehead atoms. The van der Waals surface area contributed by atoms with E-state index < -0.39 is 25.3 Å². The average molecular weight is 429 g/mol. The van der Waals surface area contributed by atoms with Crippen LogP contribution >= 0.6 is 11.3 Å². The second-order valence-electron chi connectivity index (χ2n) is 7.29. The second kappa shape index (κ2) is 6.28. The van der Waals surface area contributed by atoms with Crippen molar-refractivity contribution in [3.63, 3.8) is 0 Å². The number of benzene rings is 1. The standard InChI is InChI=1S/C16H20N4O4S3/c1-16(2,3)14-13(9-20(4)18-14)27(23,24)19-15-17-11-7-6-10(26(5,21)22)8-12(11)25-15/h6-9H,1-5H3,(H,17,19). The molecule has 2 aromatic heterocycles. The molecule has 0 radical (unpaired) electrons. The molecule has 3 aromatic rings. The van der Waals surface area contributed by atoms with Crippen molar-refractivity contribution in [1.82, 2.24) is 14.8 Å². The molecule has 1 aromatic carbocycles. The molecule has 27 heavy (non-hydrogen) atoms. The van der Waals surface area contributed by atoms with Gasteiger partial charge in [-0.1, -0.05) is 32.1 Å². The Labute approximate surface area is 162 Å². The maximum absolute atomic E-state index is 12.9. The third-order valence-corrected chi connectivity index (χ3v) is 7.32. The Morgan fingerprint density at radius 1 is 1.15 bits per heavy atom. The Morgan fingerprint density at radius 3 is 2.41 bits per heavy atom. The first-order valence-corrected chi connectivity index (χ1v) is 12.1. The number of anilines is 1. The minimum Gasteiger partial charge on any atom is -0.274 e. The molecule has 0 unspecified atom stereocenters. The molecule has 8 nitrogen and oxygen atoms in total. The number of sulfonamides is 1. The molecule has 0 saturated carbocycles. The number of aromatic nitrogens is 3. The zero-order chi connectivity index (χ0) is 20.2. The number of aryl methyl sites for hydroxylation is 1. The van der Waals surface area contributed by atoms with E-state index in [1.165, 1.54) is 23.0 Å². The highest BCUT2D eigenvalue weighted by molar-refractivity contribution is 7.93. The van der Waals surface area contributed by atoms with Gasteiger partial charge in [0.1, 0.15) is 4.90 Å². The van der Waals surface area contributed by atoms with Crippen molar-refractivity contribution < 1.29 is 16.8 Å². The van der Waals surface area contributed by atoms with Gasteiger partial charge in [-0.3, -0.25) is 9.40 Å². The van der Waals surface area contributed by atoms with Crippen LogP contribution in [0.3, 0.4) is 0 Å². The first kappa shape index (κ1) is 19.8. The van der Waals surface area contributed by atoms with Gasteiger partial charge in [0, 0.05) is 24.9 Å². The lowest BCUT2D eigenvalue weighted by Gasteiger charge is -2.17. The molecule has 0 saturated heterocycles. The highest BCUT2D eigenvalue weighted by Gasteiger charge is 2.30. The highest BCUT2D eigenvalue weighted by atomic mass is 32.2. The summed E-state index contributed by atoms with van der Waals surface area (Å²) in [6, 6.07) is 4.50. The predicted molar refractivity (Wildman–Crippen MR) is 105 cm³/mol. The zero-order valence-electron chi connectivity index (χ0n) is 15.5. The molecule has 2 heterocycles. The van der Waals surface area contributed by atoms with Gasteiger partial charge in [0.05, 0.1) is 20.8 Å². The summed E-state index contributed by atoms with van der Waals surface area (Å²) in [5, 5.41) is 4.45. The molecule has 0 atom stereocenters. The van der Waals surface area contributed by atoms with Gasteiger partial charge in [0.25, 0.3) is 10.0 Å². The van der Waals surface area contributed by atoms with Crippen molar-refractivity contribution in [1.29, 1.82) is 0 Å². The number of fused-ring (bicyclic) bond motifs is 1. The molecular formula is C16H20N4O4S3. The third kappa shape index (κ3) is 3.99. The number of hydrogen-bond donors (Lipinski definition) is 1. The van der Waals surface area contributed by atoms with Crippen molar-refractivity contribution >= 4 is 46.5 Å². The van der Waals surface area contributed by atoms with Crippen LogP contribution in [0, 0.1) is 0 Å². The summed E-state index contributed by atoms with van der Waals surface area (Å²) in [6.07, 6.45) is 2.58. The fraction of sp³-hybridized carbons (Fsp3) is 0.375. The Morgan fingerprint density at radius 2 is 1.81 bits per heavy atom. The predicted octanol–water partition coefficient (Wildman–Crippen LogP) is 2.53. The normalized spacial score (nSPS) is 13.2. The van der Waals surface area contributed by atoms with Crippen LogP contribution in [-0.4, -0.2) is 37.9 Å². The third-order valence-electron chi connectivity index (χ3n) is 3.80. The van der Waals surface area contributed by atoms with E-state index in [0.717, 1.165) is 17.6 Å². The molecule has 0 spiro atoms. The first-order valence-electron chi connectivity index (χ1n) is 7.95. The van der Waals surface area contributed by atoms with Gasteiger partial charge in [0.15, 0.2) is 15.0 Å². The smallest absolute Gasteiger partial charge is 0.267 e. The Bertz CT molecular complexity index is 1230. The molecule has 0 fully saturated rings. The Kier molecular flexibility index (Phi) is 4.60. The van der Waals surface area contributed by atoms with Gasteiger partial charge in [-0.2, -0.15) is 5.10 Å². The minimum absolute atomic E-state index is 0.0913. The van der Waals surface area contributed by atoms with Crippen LogP contribution in [0.5, 0.6) is 0 Å². The number of nitrogens with one attached hydrogen (secondary N) is 1. The minimum atomic E-state index is -3.90. The molecular weight excluding hydrogens is 408 g/mol. The van der Waals surface area contributed by atoms with Crippen LogP contribution in [0.15, 0.2) is 34.2 Å². The molecule has 0 aliphatic carbocycles. The summed E-state index contributed by atoms with van der Waals surface area (Å²) in [5.74, 6) is 0. The first-order chi connectivity index (χ1) is 12.3. The van der Waals surface area contributed by atoms with E-state index in [4.69, 9.17) is 0 Å². The largest absolute Gasteiger partial charge is 0.274 e. The molecule has 0 aliphatic rings. The lowest BCUT2D eigenvalue weighted by molar-refractivity contribution is 0.539. The summed E-state index contributed by atoms with van der Waals surface area (Å²) >= 11 is 1.08. The van der Waals surface area contributed by atoms with Gasteiger partial charge in [-0.15, -0.1) is 0 Å². The van der Waals surface area contributed by atoms with Crippen LogP contribution in [0.4, 0.5) is 5.13 Å². The summed E-state index contributed by atoms with van der Waals surface area (Å²) < 4.78 is 53.7. The Balaban J connectivity index is 2.02. The van der Waals surface area contributed by atoms with Crippen molar-refractivity contribution in [2.24, 2.45) is 7.05 Å². The molecule has 146 valence electrons. The number of nitrogens with zero attached hydrogens (tertiary/aromatic N) is 3. The molecule has 0 amide bonds. The quantitative estimate of drug-likeness (QED) is 0.684. The van der Waals surface area contributed by atoms with Gasteiger partial charge in [-0.05, 0) is 18.2 Å². The van der Waals surface area contributed by atoms with Crippen LogP contribution in [0.25, 0.3) is 10.2 Å². The summed E-state index contributed by atoms with van der Waals surface area (Å²) in [5.41, 5.74) is 0.522. The van der Waals surface area contributed by atoms with E-state index in [-0.39, 0.29) is 14.9 Å². The number of hydrogen-bond acceptors (Lipinski definition) is 7. The van der Waals surface area contributed by atoms with Crippen molar-refractivity contribution in [2.45, 2.75) is 36.0 Å². The van der Waals surface area contributed by atoms with E-state index in [9.17, 15) is 16.8 Å². The van der Waals surface area contributed by atoms with Crippen molar-refractivity contribution in [3.05, 3.63) is 30.1 Å². The average Bonchev–Trinajstić information content (AvgIpc) is 3.07. The maximum atomic E-state index is 12.9. The van der Waals surface area contributed by atoms with E-state index >= 15 is 0 Å². The van der Waals surface area contributed by atoms with Crippen molar-refractivity contribution in [2.75, 3.05) is 11.0 Å². The van der Waals surface area contributed by atoms with Crippen LogP contribution in [-0.2, 0) is 32.3 Å². The number of thiazole rings is 1. The molecule has 1 N–H and O–H groups in total. The zero-order valence-corrected chi connectivity index (χ0v) is 18.0. The van der Waals surface area contributed by atoms with Gasteiger partial charge in [0.2, 0.25) is 0 Å². The lowest BCUT2D eigenvalue weighted by atomic mass is 9.92. The number of sulfone groups is 1. The second-order valence-corrected chi connectivity index (χ2v) is 12.0. The molecule has 0 aliphatic heterocycles. The lowest BCUT2D eigenvalue weighted by Crippen LogP contribution is -2.20. The maximum Gasteiger partial charge on any atom is 0.267 e. The monoisotopic (exact) mass is 428 g/mol. The fourth-order valence-electron chi connectivity index (χ4n) is 2.53. The van der Waals surface area contributed by atoms with Gasteiger partial charge >= 0.3 is 0 Å². The molecule has 3 rings (SSSR count). The van der Waals surface area contributed by atoms with Crippen LogP contribution in [0.1, 0.15) is 26.5 Å². The van der Waals surface area contributed by atoms with Crippen LogP contribution in [0.2, 0.25) is 0 Å². The summed E-state index contributed by atoms with van der Waals surface area (Å²) in [6.45, 7) is 5.66. The van der Waals surface area contributed by atoms with Gasteiger partial charge < -0.3 is 0 Å². The Hall–Kier alpha value is -1.98. The number of rotatable bonds is 4. The van der Waals surface area contributed by atoms with E-state index in [1.807, 2.05) is 20.8 Å². The van der Waals surface area contributed by atoms with Gasteiger partial charge in [-0.25, -0.2) is 21.8 Å². The van der Waals surface area contributed by atoms with E-state index in [2.05, 4.69) is 14.8 Å². The topological polar surface area (TPSA) is 111 Å². The fourth-order valence-corrected chi connectivity index (χ4v) is 5.78. The summed E-state index contributed by atoms with van der Waals surface area (Å²) in [7, 11) is -5.58. The highest BCUT2D eigenvalue weighted by Crippen LogP contribution is 2.32. The van der Waals surface area contributed by atoms with E-state index in [1.54, 1.807) is 13.1 Å². The summed E-state index contributed by atoms with van der Waals surface area (Å²) in [4.78, 5) is 4.51. The van der Waals surface area contributed by atoms with E-state index in [0.29, 0.717) is 15.9 Å².